The number of aromatic nitrogens is 2. The highest BCUT2D eigenvalue weighted by molar-refractivity contribution is 14.1. The zero-order valence-corrected chi connectivity index (χ0v) is 16.2. The molecule has 25 heavy (non-hydrogen) atoms. The molecule has 0 aliphatic carbocycles. The molecule has 1 heterocycles. The molecule has 1 aromatic heterocycles. The highest BCUT2D eigenvalue weighted by atomic mass is 127. The number of anilines is 1. The monoisotopic (exact) mass is 473 g/mol. The molecule has 0 unspecified atom stereocenters. The molecule has 0 aliphatic heterocycles. The van der Waals surface area contributed by atoms with Crippen molar-refractivity contribution in [1.82, 2.24) is 9.55 Å². The van der Waals surface area contributed by atoms with Gasteiger partial charge in [-0.1, -0.05) is 12.1 Å². The lowest BCUT2D eigenvalue weighted by Crippen LogP contribution is -2.20. The number of imidazole rings is 1. The number of halogens is 3. The van der Waals surface area contributed by atoms with Crippen LogP contribution in [0.3, 0.4) is 0 Å². The van der Waals surface area contributed by atoms with Gasteiger partial charge in [-0.25, -0.2) is 13.8 Å². The maximum atomic E-state index is 13.6. The van der Waals surface area contributed by atoms with Gasteiger partial charge in [-0.2, -0.15) is 11.8 Å². The van der Waals surface area contributed by atoms with Gasteiger partial charge in [0.2, 0.25) is 5.91 Å². The minimum absolute atomic E-state index is 0.0195. The second kappa shape index (κ2) is 7.69. The highest BCUT2D eigenvalue weighted by Crippen LogP contribution is 2.22. The summed E-state index contributed by atoms with van der Waals surface area (Å²) >= 11 is 3.19. The van der Waals surface area contributed by atoms with Gasteiger partial charge in [-0.15, -0.1) is 0 Å². The van der Waals surface area contributed by atoms with Crippen LogP contribution >= 0.6 is 34.4 Å². The average Bonchev–Trinajstić information content (AvgIpc) is 2.90. The van der Waals surface area contributed by atoms with Gasteiger partial charge in [0.15, 0.2) is 0 Å². The lowest BCUT2D eigenvalue weighted by molar-refractivity contribution is -0.116. The molecule has 1 amide bonds. The van der Waals surface area contributed by atoms with Crippen molar-refractivity contribution >= 4 is 57.0 Å². The number of hydrogen-bond acceptors (Lipinski definition) is 3. The molecule has 0 atom stereocenters. The first-order valence-corrected chi connectivity index (χ1v) is 9.84. The van der Waals surface area contributed by atoms with Gasteiger partial charge in [0.05, 0.1) is 20.4 Å². The zero-order chi connectivity index (χ0) is 18.0. The Kier molecular flexibility index (Phi) is 5.57. The third-order valence-electron chi connectivity index (χ3n) is 3.58. The minimum Gasteiger partial charge on any atom is -0.324 e. The number of benzene rings is 2. The molecule has 0 saturated carbocycles. The number of fused-ring (bicyclic) bond motifs is 1. The Balaban J connectivity index is 1.86. The fourth-order valence-corrected chi connectivity index (χ4v) is 3.30. The van der Waals surface area contributed by atoms with Crippen LogP contribution in [-0.2, 0) is 17.1 Å². The number of hydrogen-bond donors (Lipinski definition) is 1. The second-order valence-electron chi connectivity index (χ2n) is 5.34. The summed E-state index contributed by atoms with van der Waals surface area (Å²) in [5.41, 5.74) is 1.75. The van der Waals surface area contributed by atoms with E-state index in [4.69, 9.17) is 0 Å². The van der Waals surface area contributed by atoms with Crippen LogP contribution in [0.2, 0.25) is 0 Å². The van der Waals surface area contributed by atoms with E-state index in [0.29, 0.717) is 5.75 Å². The molecule has 2 aromatic carbocycles. The minimum atomic E-state index is -0.702. The predicted octanol–water partition coefficient (Wildman–Crippen LogP) is 4.42. The lowest BCUT2D eigenvalue weighted by Gasteiger charge is -2.10. The van der Waals surface area contributed by atoms with Crippen LogP contribution < -0.4 is 5.32 Å². The van der Waals surface area contributed by atoms with E-state index in [-0.39, 0.29) is 21.7 Å². The van der Waals surface area contributed by atoms with Gasteiger partial charge in [0.1, 0.15) is 24.0 Å². The molecule has 0 fully saturated rings. The third kappa shape index (κ3) is 3.95. The Morgan fingerprint density at radius 1 is 1.28 bits per heavy atom. The van der Waals surface area contributed by atoms with Crippen molar-refractivity contribution in [3.05, 3.63) is 57.4 Å². The van der Waals surface area contributed by atoms with Crippen molar-refractivity contribution in [3.8, 4) is 0 Å². The van der Waals surface area contributed by atoms with Gasteiger partial charge >= 0.3 is 0 Å². The second-order valence-corrected chi connectivity index (χ2v) is 7.28. The molecule has 0 radical (unpaired) electrons. The Morgan fingerprint density at radius 2 is 1.96 bits per heavy atom. The van der Waals surface area contributed by atoms with Crippen LogP contribution in [0.25, 0.3) is 11.0 Å². The third-order valence-corrected chi connectivity index (χ3v) is 5.15. The maximum Gasteiger partial charge on any atom is 0.244 e. The Morgan fingerprint density at radius 3 is 2.64 bits per heavy atom. The number of amides is 1. The molecule has 130 valence electrons. The Labute approximate surface area is 161 Å². The molecule has 0 bridgehead atoms. The van der Waals surface area contributed by atoms with E-state index in [1.165, 1.54) is 0 Å². The van der Waals surface area contributed by atoms with E-state index in [2.05, 4.69) is 10.3 Å². The molecular weight excluding hydrogens is 459 g/mol. The summed E-state index contributed by atoms with van der Waals surface area (Å²) < 4.78 is 29.0. The van der Waals surface area contributed by atoms with Crippen molar-refractivity contribution in [1.29, 1.82) is 0 Å². The van der Waals surface area contributed by atoms with Gasteiger partial charge in [-0.3, -0.25) is 4.79 Å². The maximum absolute atomic E-state index is 13.6. The molecule has 3 aromatic rings. The van der Waals surface area contributed by atoms with Crippen molar-refractivity contribution in [2.45, 2.75) is 12.3 Å². The molecule has 0 saturated heterocycles. The molecule has 0 aliphatic rings. The highest BCUT2D eigenvalue weighted by Gasteiger charge is 2.15. The molecule has 1 N–H and O–H groups in total. The fraction of sp³-hybridized carbons (Fsp3) is 0.176. The largest absolute Gasteiger partial charge is 0.324 e. The topological polar surface area (TPSA) is 46.9 Å². The van der Waals surface area contributed by atoms with E-state index >= 15 is 0 Å². The summed E-state index contributed by atoms with van der Waals surface area (Å²) in [6.45, 7) is 0.0195. The summed E-state index contributed by atoms with van der Waals surface area (Å²) in [6.07, 6.45) is 1.96. The fourth-order valence-electron chi connectivity index (χ4n) is 2.51. The van der Waals surface area contributed by atoms with E-state index in [0.717, 1.165) is 29.0 Å². The lowest BCUT2D eigenvalue weighted by atomic mass is 10.3. The van der Waals surface area contributed by atoms with Crippen molar-refractivity contribution in [3.63, 3.8) is 0 Å². The zero-order valence-electron chi connectivity index (χ0n) is 13.2. The first kappa shape index (κ1) is 18.1. The standard InChI is InChI=1S/C17H14F2IN3OS/c1-25-9-15-22-13-4-2-3-5-14(13)23(15)8-16(24)21-10-6-11(18)17(20)12(19)7-10/h2-7H,8-9H2,1H3,(H,21,24). The summed E-state index contributed by atoms with van der Waals surface area (Å²) in [4.78, 5) is 16.9. The van der Waals surface area contributed by atoms with Gasteiger partial charge in [-0.05, 0) is 53.1 Å². The number of carbonyl (C=O) groups excluding carboxylic acids is 1. The number of nitrogens with one attached hydrogen (secondary N) is 1. The van der Waals surface area contributed by atoms with Gasteiger partial charge in [0, 0.05) is 5.69 Å². The Bertz CT molecular complexity index is 922. The first-order chi connectivity index (χ1) is 12.0. The van der Waals surface area contributed by atoms with E-state index < -0.39 is 11.6 Å². The quantitative estimate of drug-likeness (QED) is 0.441. The molecule has 8 heteroatoms. The summed E-state index contributed by atoms with van der Waals surface area (Å²) in [7, 11) is 0. The van der Waals surface area contributed by atoms with E-state index in [1.54, 1.807) is 34.4 Å². The number of rotatable bonds is 5. The van der Waals surface area contributed by atoms with Gasteiger partial charge < -0.3 is 9.88 Å². The van der Waals surface area contributed by atoms with Gasteiger partial charge in [0.25, 0.3) is 0 Å². The SMILES string of the molecule is CSCc1nc2ccccc2n1CC(=O)Nc1cc(F)c(I)c(F)c1. The summed E-state index contributed by atoms with van der Waals surface area (Å²) in [6, 6.07) is 9.77. The van der Waals surface area contributed by atoms with Crippen LogP contribution in [0.1, 0.15) is 5.82 Å². The number of thioether (sulfide) groups is 1. The van der Waals surface area contributed by atoms with E-state index in [9.17, 15) is 13.6 Å². The summed E-state index contributed by atoms with van der Waals surface area (Å²) in [5, 5.41) is 2.55. The average molecular weight is 473 g/mol. The predicted molar refractivity (Wildman–Crippen MR) is 105 cm³/mol. The van der Waals surface area contributed by atoms with Crippen LogP contribution in [0, 0.1) is 15.2 Å². The van der Waals surface area contributed by atoms with Crippen LogP contribution in [0.15, 0.2) is 36.4 Å². The van der Waals surface area contributed by atoms with Crippen molar-refractivity contribution < 1.29 is 13.6 Å². The van der Waals surface area contributed by atoms with E-state index in [1.807, 2.05) is 35.1 Å². The number of para-hydroxylation sites is 2. The molecular formula is C17H14F2IN3OS. The Hall–Kier alpha value is -1.68. The normalized spacial score (nSPS) is 11.0. The number of carbonyl (C=O) groups is 1. The number of nitrogens with zero attached hydrogens (tertiary/aromatic N) is 2. The first-order valence-electron chi connectivity index (χ1n) is 7.37. The smallest absolute Gasteiger partial charge is 0.244 e. The summed E-state index contributed by atoms with van der Waals surface area (Å²) in [5.74, 6) is -0.331. The van der Waals surface area contributed by atoms with Crippen LogP contribution in [0.5, 0.6) is 0 Å². The molecule has 4 nitrogen and oxygen atoms in total. The van der Waals surface area contributed by atoms with Crippen molar-refractivity contribution in [2.24, 2.45) is 0 Å². The van der Waals surface area contributed by atoms with Crippen molar-refractivity contribution in [2.75, 3.05) is 11.6 Å². The van der Waals surface area contributed by atoms with Crippen LogP contribution in [0.4, 0.5) is 14.5 Å². The molecule has 0 spiro atoms. The van der Waals surface area contributed by atoms with Crippen LogP contribution in [-0.4, -0.2) is 21.7 Å². The molecule has 3 rings (SSSR count).